The average Bonchev–Trinajstić information content (AvgIpc) is 3.24. The van der Waals surface area contributed by atoms with Gasteiger partial charge >= 0.3 is 0 Å². The summed E-state index contributed by atoms with van der Waals surface area (Å²) in [5.74, 6) is 0.254. The molecule has 124 valence electrons. The van der Waals surface area contributed by atoms with Gasteiger partial charge in [0.1, 0.15) is 11.3 Å². The highest BCUT2D eigenvalue weighted by Crippen LogP contribution is 2.24. The van der Waals surface area contributed by atoms with Gasteiger partial charge in [0.25, 0.3) is 5.91 Å². The standard InChI is InChI=1S/C18H18N2O3S/c21-18(16-11-24-12-19-16)20-5-7-22-10-13(9-20)8-14-2-1-3-17-15(14)4-6-23-17/h1-4,6,11-13H,5,7-10H2/t13-/m1/s1. The number of thiazole rings is 1. The largest absolute Gasteiger partial charge is 0.464 e. The fourth-order valence-corrected chi connectivity index (χ4v) is 3.74. The maximum Gasteiger partial charge on any atom is 0.273 e. The van der Waals surface area contributed by atoms with E-state index in [1.807, 2.05) is 23.1 Å². The van der Waals surface area contributed by atoms with E-state index in [0.717, 1.165) is 17.4 Å². The molecular weight excluding hydrogens is 324 g/mol. The summed E-state index contributed by atoms with van der Waals surface area (Å²) >= 11 is 1.44. The molecule has 3 heterocycles. The molecule has 3 aromatic rings. The molecule has 24 heavy (non-hydrogen) atoms. The van der Waals surface area contributed by atoms with Crippen LogP contribution in [0.3, 0.4) is 0 Å². The Balaban J connectivity index is 1.52. The molecule has 0 radical (unpaired) electrons. The van der Waals surface area contributed by atoms with Gasteiger partial charge in [-0.05, 0) is 24.1 Å². The van der Waals surface area contributed by atoms with Gasteiger partial charge < -0.3 is 14.1 Å². The van der Waals surface area contributed by atoms with Crippen molar-refractivity contribution < 1.29 is 13.9 Å². The van der Waals surface area contributed by atoms with E-state index in [4.69, 9.17) is 9.15 Å². The van der Waals surface area contributed by atoms with Crippen LogP contribution in [-0.2, 0) is 11.2 Å². The summed E-state index contributed by atoms with van der Waals surface area (Å²) in [7, 11) is 0. The predicted molar refractivity (Wildman–Crippen MR) is 92.2 cm³/mol. The number of aromatic nitrogens is 1. The summed E-state index contributed by atoms with van der Waals surface area (Å²) < 4.78 is 11.2. The van der Waals surface area contributed by atoms with Crippen molar-refractivity contribution in [1.82, 2.24) is 9.88 Å². The number of nitrogens with zero attached hydrogens (tertiary/aromatic N) is 2. The minimum atomic E-state index is -0.00623. The number of carbonyl (C=O) groups is 1. The summed E-state index contributed by atoms with van der Waals surface area (Å²) in [5, 5.41) is 2.94. The predicted octanol–water partition coefficient (Wildman–Crippen LogP) is 3.22. The molecule has 0 bridgehead atoms. The molecule has 1 saturated heterocycles. The highest BCUT2D eigenvalue weighted by Gasteiger charge is 2.25. The van der Waals surface area contributed by atoms with Gasteiger partial charge in [0.05, 0.1) is 25.0 Å². The highest BCUT2D eigenvalue weighted by atomic mass is 32.1. The van der Waals surface area contributed by atoms with Crippen LogP contribution >= 0.6 is 11.3 Å². The third-order valence-electron chi connectivity index (χ3n) is 4.37. The molecule has 1 fully saturated rings. The summed E-state index contributed by atoms with van der Waals surface area (Å²) in [4.78, 5) is 18.6. The average molecular weight is 342 g/mol. The zero-order valence-electron chi connectivity index (χ0n) is 13.2. The van der Waals surface area contributed by atoms with E-state index in [9.17, 15) is 4.79 Å². The molecule has 0 aliphatic carbocycles. The summed E-state index contributed by atoms with van der Waals surface area (Å²) in [5.41, 5.74) is 4.35. The normalized spacial score (nSPS) is 18.7. The first kappa shape index (κ1) is 15.4. The van der Waals surface area contributed by atoms with Crippen LogP contribution in [0.5, 0.6) is 0 Å². The quantitative estimate of drug-likeness (QED) is 0.733. The number of fused-ring (bicyclic) bond motifs is 1. The first-order chi connectivity index (χ1) is 11.8. The summed E-state index contributed by atoms with van der Waals surface area (Å²) in [6, 6.07) is 8.10. The summed E-state index contributed by atoms with van der Waals surface area (Å²) in [6.07, 6.45) is 2.58. The molecule has 0 saturated carbocycles. The van der Waals surface area contributed by atoms with Gasteiger partial charge in [-0.1, -0.05) is 12.1 Å². The van der Waals surface area contributed by atoms with E-state index < -0.39 is 0 Å². The number of amides is 1. The van der Waals surface area contributed by atoms with Gasteiger partial charge in [-0.2, -0.15) is 0 Å². The highest BCUT2D eigenvalue weighted by molar-refractivity contribution is 7.07. The third kappa shape index (κ3) is 3.07. The van der Waals surface area contributed by atoms with Crippen LogP contribution in [0.4, 0.5) is 0 Å². The third-order valence-corrected chi connectivity index (χ3v) is 4.96. The van der Waals surface area contributed by atoms with E-state index in [0.29, 0.717) is 32.0 Å². The lowest BCUT2D eigenvalue weighted by Gasteiger charge is -2.23. The monoisotopic (exact) mass is 342 g/mol. The van der Waals surface area contributed by atoms with E-state index in [1.54, 1.807) is 17.2 Å². The van der Waals surface area contributed by atoms with Crippen molar-refractivity contribution in [2.45, 2.75) is 6.42 Å². The van der Waals surface area contributed by atoms with Crippen molar-refractivity contribution in [3.8, 4) is 0 Å². The topological polar surface area (TPSA) is 55.6 Å². The second-order valence-electron chi connectivity index (χ2n) is 6.02. The molecular formula is C18H18N2O3S. The van der Waals surface area contributed by atoms with Crippen LogP contribution in [0, 0.1) is 5.92 Å². The maximum absolute atomic E-state index is 12.6. The van der Waals surface area contributed by atoms with Gasteiger partial charge in [0.15, 0.2) is 0 Å². The Kier molecular flexibility index (Phi) is 4.32. The molecule has 1 amide bonds. The zero-order chi connectivity index (χ0) is 16.4. The Labute approximate surface area is 143 Å². The van der Waals surface area contributed by atoms with Crippen molar-refractivity contribution in [2.75, 3.05) is 26.3 Å². The van der Waals surface area contributed by atoms with Crippen molar-refractivity contribution in [3.05, 3.63) is 52.7 Å². The SMILES string of the molecule is O=C(c1cscn1)N1CCOC[C@H](Cc2cccc3occc23)C1. The van der Waals surface area contributed by atoms with Crippen LogP contribution in [0.1, 0.15) is 16.1 Å². The van der Waals surface area contributed by atoms with Crippen LogP contribution in [0.2, 0.25) is 0 Å². The second-order valence-corrected chi connectivity index (χ2v) is 6.74. The Morgan fingerprint density at radius 2 is 2.33 bits per heavy atom. The first-order valence-electron chi connectivity index (χ1n) is 8.01. The van der Waals surface area contributed by atoms with Gasteiger partial charge in [-0.3, -0.25) is 4.79 Å². The van der Waals surface area contributed by atoms with Crippen LogP contribution in [-0.4, -0.2) is 42.1 Å². The van der Waals surface area contributed by atoms with Gasteiger partial charge in [0, 0.05) is 29.8 Å². The van der Waals surface area contributed by atoms with Crippen LogP contribution < -0.4 is 0 Å². The molecule has 1 aliphatic rings. The minimum Gasteiger partial charge on any atom is -0.464 e. The Hall–Kier alpha value is -2.18. The van der Waals surface area contributed by atoms with E-state index >= 15 is 0 Å². The molecule has 6 heteroatoms. The van der Waals surface area contributed by atoms with E-state index in [1.165, 1.54) is 16.9 Å². The molecule has 1 aromatic carbocycles. The van der Waals surface area contributed by atoms with Crippen molar-refractivity contribution >= 4 is 28.2 Å². The molecule has 1 aliphatic heterocycles. The molecule has 4 rings (SSSR count). The van der Waals surface area contributed by atoms with Crippen LogP contribution in [0.15, 0.2) is 45.8 Å². The second kappa shape index (κ2) is 6.75. The van der Waals surface area contributed by atoms with Gasteiger partial charge in [-0.25, -0.2) is 4.98 Å². The fraction of sp³-hybridized carbons (Fsp3) is 0.333. The van der Waals surface area contributed by atoms with E-state index in [2.05, 4.69) is 11.1 Å². The molecule has 0 unspecified atom stereocenters. The number of hydrogen-bond acceptors (Lipinski definition) is 5. The Morgan fingerprint density at radius 3 is 3.21 bits per heavy atom. The number of ether oxygens (including phenoxy) is 1. The number of rotatable bonds is 3. The smallest absolute Gasteiger partial charge is 0.273 e. The van der Waals surface area contributed by atoms with Crippen molar-refractivity contribution in [3.63, 3.8) is 0 Å². The molecule has 0 spiro atoms. The molecule has 1 atom stereocenters. The lowest BCUT2D eigenvalue weighted by molar-refractivity contribution is 0.0732. The number of benzene rings is 1. The fourth-order valence-electron chi connectivity index (χ4n) is 3.21. The maximum atomic E-state index is 12.6. The molecule has 2 aromatic heterocycles. The van der Waals surface area contributed by atoms with Crippen molar-refractivity contribution in [1.29, 1.82) is 0 Å². The Bertz CT molecular complexity index is 828. The van der Waals surface area contributed by atoms with Crippen LogP contribution in [0.25, 0.3) is 11.0 Å². The lowest BCUT2D eigenvalue weighted by Crippen LogP contribution is -2.36. The molecule has 5 nitrogen and oxygen atoms in total. The number of carbonyl (C=O) groups excluding carboxylic acids is 1. The molecule has 0 N–H and O–H groups in total. The lowest BCUT2D eigenvalue weighted by atomic mass is 9.97. The number of hydrogen-bond donors (Lipinski definition) is 0. The van der Waals surface area contributed by atoms with Gasteiger partial charge in [0.2, 0.25) is 0 Å². The minimum absolute atomic E-state index is 0.00623. The van der Waals surface area contributed by atoms with Gasteiger partial charge in [-0.15, -0.1) is 11.3 Å². The summed E-state index contributed by atoms with van der Waals surface area (Å²) in [6.45, 7) is 2.53. The zero-order valence-corrected chi connectivity index (χ0v) is 14.0. The van der Waals surface area contributed by atoms with Crippen molar-refractivity contribution in [2.24, 2.45) is 5.92 Å². The first-order valence-corrected chi connectivity index (χ1v) is 8.96. The van der Waals surface area contributed by atoms with E-state index in [-0.39, 0.29) is 11.8 Å². The Morgan fingerprint density at radius 1 is 1.38 bits per heavy atom. The number of furan rings is 1.